The van der Waals surface area contributed by atoms with Gasteiger partial charge in [0.25, 0.3) is 0 Å². The Morgan fingerprint density at radius 3 is 2.71 bits per heavy atom. The first kappa shape index (κ1) is 17.0. The number of ether oxygens (including phenoxy) is 1. The van der Waals surface area contributed by atoms with E-state index in [9.17, 15) is 8.42 Å². The van der Waals surface area contributed by atoms with Gasteiger partial charge in [-0.2, -0.15) is 0 Å². The van der Waals surface area contributed by atoms with Gasteiger partial charge in [0.1, 0.15) is 5.75 Å². The highest BCUT2D eigenvalue weighted by atomic mass is 32.2. The highest BCUT2D eigenvalue weighted by molar-refractivity contribution is 7.91. The molecule has 0 saturated carbocycles. The van der Waals surface area contributed by atoms with Crippen LogP contribution >= 0.6 is 0 Å². The zero-order valence-corrected chi connectivity index (χ0v) is 14.9. The molecule has 3 rings (SSSR count). The Kier molecular flexibility index (Phi) is 4.92. The van der Waals surface area contributed by atoms with Crippen molar-refractivity contribution in [1.29, 1.82) is 0 Å². The summed E-state index contributed by atoms with van der Waals surface area (Å²) >= 11 is 0. The number of rotatable bonds is 5. The molecular weight excluding hydrogens is 322 g/mol. The fourth-order valence-electron chi connectivity index (χ4n) is 3.42. The van der Waals surface area contributed by atoms with Crippen LogP contribution in [0.4, 0.5) is 0 Å². The molecule has 2 aromatic carbocycles. The van der Waals surface area contributed by atoms with Crippen LogP contribution in [-0.4, -0.2) is 29.1 Å². The summed E-state index contributed by atoms with van der Waals surface area (Å²) in [6.45, 7) is 0.926. The molecule has 1 atom stereocenters. The van der Waals surface area contributed by atoms with Crippen molar-refractivity contribution >= 4 is 9.84 Å². The predicted molar refractivity (Wildman–Crippen MR) is 94.5 cm³/mol. The number of benzene rings is 2. The molecule has 0 heterocycles. The summed E-state index contributed by atoms with van der Waals surface area (Å²) in [5.41, 5.74) is 2.44. The standard InChI is InChI=1S/C19H23NO3S/c1-20-13-15-6-3-5-14-11-18(9-10-19(14)15)24(21,22)17-8-4-7-16(12-17)23-2/h4,7-12,15,20H,3,5-6,13H2,1-2H3/t15-/m0/s1. The lowest BCUT2D eigenvalue weighted by Gasteiger charge is -2.26. The number of aryl methyl sites for hydroxylation is 1. The minimum absolute atomic E-state index is 0.268. The molecule has 0 radical (unpaired) electrons. The van der Waals surface area contributed by atoms with Crippen LogP contribution in [0.15, 0.2) is 52.3 Å². The first-order valence-electron chi connectivity index (χ1n) is 8.23. The maximum absolute atomic E-state index is 12.9. The minimum atomic E-state index is -3.53. The van der Waals surface area contributed by atoms with Gasteiger partial charge in [-0.3, -0.25) is 0 Å². The molecule has 0 spiro atoms. The molecule has 5 heteroatoms. The molecule has 1 aliphatic carbocycles. The third kappa shape index (κ3) is 3.19. The van der Waals surface area contributed by atoms with Crippen molar-refractivity contribution in [2.45, 2.75) is 35.0 Å². The Morgan fingerprint density at radius 2 is 1.96 bits per heavy atom. The monoisotopic (exact) mass is 345 g/mol. The summed E-state index contributed by atoms with van der Waals surface area (Å²) in [5.74, 6) is 1.01. The number of hydrogen-bond acceptors (Lipinski definition) is 4. The van der Waals surface area contributed by atoms with Gasteiger partial charge in [-0.15, -0.1) is 0 Å². The molecule has 0 fully saturated rings. The van der Waals surface area contributed by atoms with Crippen LogP contribution in [0.25, 0.3) is 0 Å². The van der Waals surface area contributed by atoms with Crippen molar-refractivity contribution in [1.82, 2.24) is 5.32 Å². The predicted octanol–water partition coefficient (Wildman–Crippen LogP) is 3.17. The van der Waals surface area contributed by atoms with E-state index in [1.165, 1.54) is 12.7 Å². The van der Waals surface area contributed by atoms with Gasteiger partial charge in [0.2, 0.25) is 9.84 Å². The summed E-state index contributed by atoms with van der Waals surface area (Å²) < 4.78 is 31.0. The molecule has 0 amide bonds. The van der Waals surface area contributed by atoms with E-state index in [4.69, 9.17) is 4.74 Å². The molecule has 1 N–H and O–H groups in total. The SMILES string of the molecule is CNC[C@@H]1CCCc2cc(S(=O)(=O)c3cccc(OC)c3)ccc21. The lowest BCUT2D eigenvalue weighted by Crippen LogP contribution is -2.21. The second kappa shape index (κ2) is 6.95. The highest BCUT2D eigenvalue weighted by Crippen LogP contribution is 2.34. The molecule has 1 aliphatic rings. The van der Waals surface area contributed by atoms with E-state index in [0.717, 1.165) is 31.4 Å². The van der Waals surface area contributed by atoms with Crippen molar-refractivity contribution in [2.24, 2.45) is 0 Å². The number of likely N-dealkylation sites (N-methyl/N-ethyl adjacent to an activating group) is 1. The van der Waals surface area contributed by atoms with Crippen LogP contribution in [0.2, 0.25) is 0 Å². The molecule has 0 unspecified atom stereocenters. The van der Waals surface area contributed by atoms with Gasteiger partial charge >= 0.3 is 0 Å². The largest absolute Gasteiger partial charge is 0.497 e. The van der Waals surface area contributed by atoms with Crippen molar-refractivity contribution in [3.63, 3.8) is 0 Å². The summed E-state index contributed by atoms with van der Waals surface area (Å²) in [6.07, 6.45) is 3.19. The fraction of sp³-hybridized carbons (Fsp3) is 0.368. The molecule has 24 heavy (non-hydrogen) atoms. The second-order valence-corrected chi connectivity index (χ2v) is 8.14. The van der Waals surface area contributed by atoms with Gasteiger partial charge in [0.05, 0.1) is 16.9 Å². The second-order valence-electron chi connectivity index (χ2n) is 6.19. The van der Waals surface area contributed by atoms with Gasteiger partial charge in [-0.1, -0.05) is 12.1 Å². The van der Waals surface area contributed by atoms with Crippen LogP contribution < -0.4 is 10.1 Å². The number of hydrogen-bond donors (Lipinski definition) is 1. The fourth-order valence-corrected chi connectivity index (χ4v) is 4.77. The third-order valence-electron chi connectivity index (χ3n) is 4.67. The van der Waals surface area contributed by atoms with Gasteiger partial charge in [-0.25, -0.2) is 8.42 Å². The zero-order chi connectivity index (χ0) is 17.2. The molecule has 4 nitrogen and oxygen atoms in total. The van der Waals surface area contributed by atoms with E-state index in [1.807, 2.05) is 19.2 Å². The zero-order valence-electron chi connectivity index (χ0n) is 14.1. The van der Waals surface area contributed by atoms with Crippen LogP contribution in [0.5, 0.6) is 5.75 Å². The lowest BCUT2D eigenvalue weighted by molar-refractivity contribution is 0.413. The normalized spacial score (nSPS) is 17.3. The average molecular weight is 345 g/mol. The third-order valence-corrected chi connectivity index (χ3v) is 6.41. The van der Waals surface area contributed by atoms with E-state index >= 15 is 0 Å². The van der Waals surface area contributed by atoms with Gasteiger partial charge in [0.15, 0.2) is 0 Å². The maximum atomic E-state index is 12.9. The molecule has 128 valence electrons. The quantitative estimate of drug-likeness (QED) is 0.904. The van der Waals surface area contributed by atoms with Gasteiger partial charge in [0, 0.05) is 6.54 Å². The van der Waals surface area contributed by atoms with E-state index in [-0.39, 0.29) is 4.90 Å². The number of methoxy groups -OCH3 is 1. The molecule has 0 saturated heterocycles. The first-order valence-corrected chi connectivity index (χ1v) is 9.71. The Labute approximate surface area is 143 Å². The Morgan fingerprint density at radius 1 is 1.17 bits per heavy atom. The van der Waals surface area contributed by atoms with Crippen LogP contribution in [0.1, 0.15) is 29.9 Å². The topological polar surface area (TPSA) is 55.4 Å². The van der Waals surface area contributed by atoms with Gasteiger partial charge < -0.3 is 10.1 Å². The van der Waals surface area contributed by atoms with Crippen LogP contribution in [0, 0.1) is 0 Å². The number of nitrogens with one attached hydrogen (secondary N) is 1. The van der Waals surface area contributed by atoms with Gasteiger partial charge in [-0.05, 0) is 73.7 Å². The minimum Gasteiger partial charge on any atom is -0.497 e. The van der Waals surface area contributed by atoms with Crippen molar-refractivity contribution in [3.8, 4) is 5.75 Å². The van der Waals surface area contributed by atoms with Crippen molar-refractivity contribution in [3.05, 3.63) is 53.6 Å². The van der Waals surface area contributed by atoms with Crippen molar-refractivity contribution in [2.75, 3.05) is 20.7 Å². The molecule has 0 aromatic heterocycles. The van der Waals surface area contributed by atoms with Crippen molar-refractivity contribution < 1.29 is 13.2 Å². The smallest absolute Gasteiger partial charge is 0.206 e. The number of sulfone groups is 1. The first-order chi connectivity index (χ1) is 11.6. The average Bonchev–Trinajstić information content (AvgIpc) is 2.62. The Bertz CT molecular complexity index is 830. The van der Waals surface area contributed by atoms with E-state index < -0.39 is 9.84 Å². The Hall–Kier alpha value is -1.85. The molecule has 2 aromatic rings. The summed E-state index contributed by atoms with van der Waals surface area (Å²) in [4.78, 5) is 0.629. The van der Waals surface area contributed by atoms with Crippen LogP contribution in [0.3, 0.4) is 0 Å². The molecular formula is C19H23NO3S. The van der Waals surface area contributed by atoms with E-state index in [2.05, 4.69) is 5.32 Å². The lowest BCUT2D eigenvalue weighted by atomic mass is 9.83. The van der Waals surface area contributed by atoms with Crippen LogP contribution in [-0.2, 0) is 16.3 Å². The molecule has 0 aliphatic heterocycles. The summed E-state index contributed by atoms with van der Waals surface area (Å²) in [7, 11) is -0.0419. The van der Waals surface area contributed by atoms with E-state index in [0.29, 0.717) is 16.6 Å². The highest BCUT2D eigenvalue weighted by Gasteiger charge is 2.24. The van der Waals surface area contributed by atoms with E-state index in [1.54, 1.807) is 30.3 Å². The Balaban J connectivity index is 2.00. The maximum Gasteiger partial charge on any atom is 0.206 e. The summed E-state index contributed by atoms with van der Waals surface area (Å²) in [6, 6.07) is 12.2. The summed E-state index contributed by atoms with van der Waals surface area (Å²) in [5, 5.41) is 3.23. The number of fused-ring (bicyclic) bond motifs is 1. The molecule has 0 bridgehead atoms.